The van der Waals surface area contributed by atoms with Crippen molar-refractivity contribution in [2.24, 2.45) is 5.41 Å². The average molecular weight is 220 g/mol. The molecule has 0 aliphatic carbocycles. The van der Waals surface area contributed by atoms with Gasteiger partial charge in [0.2, 0.25) is 0 Å². The minimum absolute atomic E-state index is 0.226. The molecule has 0 saturated carbocycles. The minimum atomic E-state index is -0.479. The van der Waals surface area contributed by atoms with Crippen LogP contribution >= 0.6 is 0 Å². The lowest BCUT2D eigenvalue weighted by Crippen LogP contribution is -2.41. The quantitative estimate of drug-likeness (QED) is 0.729. The summed E-state index contributed by atoms with van der Waals surface area (Å²) in [5.41, 5.74) is 0.704. The topological polar surface area (TPSA) is 35.5 Å². The third-order valence-corrected chi connectivity index (χ3v) is 2.73. The molecule has 0 N–H and O–H groups in total. The second kappa shape index (κ2) is 4.76. The van der Waals surface area contributed by atoms with Crippen molar-refractivity contribution < 1.29 is 14.3 Å². The zero-order valence-electron chi connectivity index (χ0n) is 9.39. The van der Waals surface area contributed by atoms with Crippen molar-refractivity contribution in [1.82, 2.24) is 0 Å². The van der Waals surface area contributed by atoms with Crippen LogP contribution in [0.3, 0.4) is 0 Å². The molecular weight excluding hydrogens is 204 g/mol. The standard InChI is InChI=1S/C13H16O3/c1-13(8-14)9-15-12(16-10-13)7-11-5-3-2-4-6-11/h2-6,8,12H,7,9-10H2,1H3. The van der Waals surface area contributed by atoms with E-state index in [0.29, 0.717) is 13.2 Å². The molecule has 1 heterocycles. The number of hydrogen-bond donors (Lipinski definition) is 0. The van der Waals surface area contributed by atoms with Gasteiger partial charge >= 0.3 is 0 Å². The lowest BCUT2D eigenvalue weighted by molar-refractivity contribution is -0.218. The van der Waals surface area contributed by atoms with Gasteiger partial charge in [-0.05, 0) is 12.5 Å². The number of ether oxygens (including phenoxy) is 2. The fourth-order valence-corrected chi connectivity index (χ4v) is 1.65. The van der Waals surface area contributed by atoms with Gasteiger partial charge in [-0.3, -0.25) is 0 Å². The smallest absolute Gasteiger partial charge is 0.161 e. The van der Waals surface area contributed by atoms with Crippen LogP contribution in [-0.4, -0.2) is 25.8 Å². The fraction of sp³-hybridized carbons (Fsp3) is 0.462. The second-order valence-electron chi connectivity index (χ2n) is 4.51. The van der Waals surface area contributed by atoms with Crippen LogP contribution in [0, 0.1) is 5.41 Å². The number of carbonyl (C=O) groups excluding carboxylic acids is 1. The molecule has 1 fully saturated rings. The molecule has 0 amide bonds. The van der Waals surface area contributed by atoms with Crippen LogP contribution in [0.5, 0.6) is 0 Å². The molecule has 1 aliphatic heterocycles. The second-order valence-corrected chi connectivity index (χ2v) is 4.51. The van der Waals surface area contributed by atoms with Gasteiger partial charge in [0.1, 0.15) is 6.29 Å². The summed E-state index contributed by atoms with van der Waals surface area (Å²) in [5.74, 6) is 0. The largest absolute Gasteiger partial charge is 0.351 e. The maximum absolute atomic E-state index is 10.8. The van der Waals surface area contributed by atoms with E-state index in [0.717, 1.165) is 12.7 Å². The highest BCUT2D eigenvalue weighted by Crippen LogP contribution is 2.23. The zero-order chi connectivity index (χ0) is 11.4. The Morgan fingerprint density at radius 2 is 1.94 bits per heavy atom. The van der Waals surface area contributed by atoms with Crippen molar-refractivity contribution in [2.45, 2.75) is 19.6 Å². The molecule has 0 aromatic heterocycles. The van der Waals surface area contributed by atoms with Crippen LogP contribution in [0.15, 0.2) is 30.3 Å². The molecule has 1 aliphatic rings. The van der Waals surface area contributed by atoms with Gasteiger partial charge in [-0.25, -0.2) is 0 Å². The molecule has 86 valence electrons. The summed E-state index contributed by atoms with van der Waals surface area (Å²) in [6, 6.07) is 10.1. The Morgan fingerprint density at radius 1 is 1.31 bits per heavy atom. The fourth-order valence-electron chi connectivity index (χ4n) is 1.65. The summed E-state index contributed by atoms with van der Waals surface area (Å²) < 4.78 is 11.1. The first-order valence-electron chi connectivity index (χ1n) is 5.45. The van der Waals surface area contributed by atoms with Gasteiger partial charge in [-0.15, -0.1) is 0 Å². The van der Waals surface area contributed by atoms with Crippen molar-refractivity contribution in [3.63, 3.8) is 0 Å². The van der Waals surface area contributed by atoms with Crippen molar-refractivity contribution >= 4 is 6.29 Å². The van der Waals surface area contributed by atoms with E-state index in [2.05, 4.69) is 0 Å². The van der Waals surface area contributed by atoms with Crippen LogP contribution in [0.4, 0.5) is 0 Å². The highest BCUT2D eigenvalue weighted by atomic mass is 16.7. The molecule has 3 nitrogen and oxygen atoms in total. The summed E-state index contributed by atoms with van der Waals surface area (Å²) >= 11 is 0. The van der Waals surface area contributed by atoms with Gasteiger partial charge < -0.3 is 14.3 Å². The number of carbonyl (C=O) groups is 1. The Kier molecular flexibility index (Phi) is 3.36. The molecule has 0 spiro atoms. The van der Waals surface area contributed by atoms with E-state index in [1.807, 2.05) is 37.3 Å². The van der Waals surface area contributed by atoms with Crippen LogP contribution < -0.4 is 0 Å². The molecule has 0 unspecified atom stereocenters. The maximum atomic E-state index is 10.8. The molecule has 0 bridgehead atoms. The molecular formula is C13H16O3. The van der Waals surface area contributed by atoms with Gasteiger partial charge in [-0.2, -0.15) is 0 Å². The molecule has 1 aromatic carbocycles. The Bertz CT molecular complexity index is 339. The third kappa shape index (κ3) is 2.68. The van der Waals surface area contributed by atoms with E-state index in [4.69, 9.17) is 9.47 Å². The first-order chi connectivity index (χ1) is 7.72. The molecule has 2 rings (SSSR count). The molecule has 1 aromatic rings. The monoisotopic (exact) mass is 220 g/mol. The highest BCUT2D eigenvalue weighted by Gasteiger charge is 2.32. The predicted octanol–water partition coefficient (Wildman–Crippen LogP) is 1.81. The minimum Gasteiger partial charge on any atom is -0.351 e. The van der Waals surface area contributed by atoms with E-state index in [-0.39, 0.29) is 6.29 Å². The molecule has 0 radical (unpaired) electrons. The molecule has 16 heavy (non-hydrogen) atoms. The SMILES string of the molecule is CC1(C=O)COC(Cc2ccccc2)OC1. The Balaban J connectivity index is 1.88. The third-order valence-electron chi connectivity index (χ3n) is 2.73. The summed E-state index contributed by atoms with van der Waals surface area (Å²) in [4.78, 5) is 10.8. The van der Waals surface area contributed by atoms with Crippen LogP contribution in [-0.2, 0) is 20.7 Å². The van der Waals surface area contributed by atoms with Crippen LogP contribution in [0.2, 0.25) is 0 Å². The van der Waals surface area contributed by atoms with Crippen LogP contribution in [0.25, 0.3) is 0 Å². The van der Waals surface area contributed by atoms with E-state index >= 15 is 0 Å². The van der Waals surface area contributed by atoms with Gasteiger partial charge in [0.25, 0.3) is 0 Å². The van der Waals surface area contributed by atoms with Crippen molar-refractivity contribution in [2.75, 3.05) is 13.2 Å². The highest BCUT2D eigenvalue weighted by molar-refractivity contribution is 5.59. The van der Waals surface area contributed by atoms with Gasteiger partial charge in [-0.1, -0.05) is 30.3 Å². The lowest BCUT2D eigenvalue weighted by Gasteiger charge is -2.33. The Hall–Kier alpha value is -1.19. The van der Waals surface area contributed by atoms with Crippen molar-refractivity contribution in [3.8, 4) is 0 Å². The predicted molar refractivity (Wildman–Crippen MR) is 60.0 cm³/mol. The summed E-state index contributed by atoms with van der Waals surface area (Å²) in [6.07, 6.45) is 1.41. The van der Waals surface area contributed by atoms with Gasteiger partial charge in [0.15, 0.2) is 6.29 Å². The summed E-state index contributed by atoms with van der Waals surface area (Å²) in [7, 11) is 0. The van der Waals surface area contributed by atoms with Crippen molar-refractivity contribution in [1.29, 1.82) is 0 Å². The van der Waals surface area contributed by atoms with Gasteiger partial charge in [0, 0.05) is 6.42 Å². The maximum Gasteiger partial charge on any atom is 0.161 e. The number of benzene rings is 1. The van der Waals surface area contributed by atoms with E-state index in [9.17, 15) is 4.79 Å². The zero-order valence-corrected chi connectivity index (χ0v) is 9.39. The molecule has 3 heteroatoms. The first-order valence-corrected chi connectivity index (χ1v) is 5.45. The van der Waals surface area contributed by atoms with E-state index < -0.39 is 5.41 Å². The number of rotatable bonds is 3. The molecule has 1 saturated heterocycles. The van der Waals surface area contributed by atoms with Crippen molar-refractivity contribution in [3.05, 3.63) is 35.9 Å². The van der Waals surface area contributed by atoms with E-state index in [1.54, 1.807) is 0 Å². The lowest BCUT2D eigenvalue weighted by atomic mass is 9.94. The number of aldehydes is 1. The first kappa shape index (κ1) is 11.3. The Labute approximate surface area is 95.4 Å². The van der Waals surface area contributed by atoms with E-state index in [1.165, 1.54) is 5.56 Å². The Morgan fingerprint density at radius 3 is 2.50 bits per heavy atom. The normalized spacial score (nSPS) is 29.9. The summed E-state index contributed by atoms with van der Waals surface area (Å²) in [5, 5.41) is 0. The van der Waals surface area contributed by atoms with Crippen LogP contribution in [0.1, 0.15) is 12.5 Å². The summed E-state index contributed by atoms with van der Waals surface area (Å²) in [6.45, 7) is 2.72. The molecule has 0 atom stereocenters. The number of hydrogen-bond acceptors (Lipinski definition) is 3. The average Bonchev–Trinajstić information content (AvgIpc) is 2.34. The van der Waals surface area contributed by atoms with Gasteiger partial charge in [0.05, 0.1) is 18.6 Å².